The predicted molar refractivity (Wildman–Crippen MR) is 142 cm³/mol. The molecule has 2 aromatic carbocycles. The number of nitrogens with zero attached hydrogens (tertiary/aromatic N) is 1. The lowest BCUT2D eigenvalue weighted by molar-refractivity contribution is -0.111. The van der Waals surface area contributed by atoms with Crippen molar-refractivity contribution in [1.29, 1.82) is 0 Å². The number of carbonyl (C=O) groups excluding carboxylic acids is 1. The van der Waals surface area contributed by atoms with Crippen LogP contribution in [0, 0.1) is 0 Å². The Balaban J connectivity index is 1.56. The van der Waals surface area contributed by atoms with Gasteiger partial charge in [0.15, 0.2) is 11.5 Å². The van der Waals surface area contributed by atoms with E-state index in [2.05, 4.69) is 21.9 Å². The number of rotatable bonds is 13. The fourth-order valence-electron chi connectivity index (χ4n) is 3.31. The third kappa shape index (κ3) is 8.13. The SMILES string of the molecule is CCCCCCOc1ccc(/C=C/C(=O)Nc2ccc(S(=O)(=O)Nc3ccccn3)cc2)cc1OC. The first kappa shape index (κ1) is 26.7. The van der Waals surface area contributed by atoms with E-state index in [1.807, 2.05) is 12.1 Å². The first-order valence-electron chi connectivity index (χ1n) is 11.7. The van der Waals surface area contributed by atoms with E-state index >= 15 is 0 Å². The maximum atomic E-state index is 12.5. The molecule has 3 aromatic rings. The predicted octanol–water partition coefficient (Wildman–Crippen LogP) is 5.50. The van der Waals surface area contributed by atoms with Crippen LogP contribution in [0.25, 0.3) is 6.08 Å². The molecule has 0 saturated heterocycles. The Bertz CT molecular complexity index is 1260. The lowest BCUT2D eigenvalue weighted by Gasteiger charge is -2.11. The van der Waals surface area contributed by atoms with Gasteiger partial charge >= 0.3 is 0 Å². The zero-order chi connectivity index (χ0) is 25.8. The van der Waals surface area contributed by atoms with Gasteiger partial charge in [-0.2, -0.15) is 0 Å². The molecule has 1 heterocycles. The van der Waals surface area contributed by atoms with Crippen LogP contribution in [-0.4, -0.2) is 33.0 Å². The van der Waals surface area contributed by atoms with Crippen molar-refractivity contribution >= 4 is 33.5 Å². The summed E-state index contributed by atoms with van der Waals surface area (Å²) in [6, 6.07) is 16.3. The molecule has 2 N–H and O–H groups in total. The number of nitrogens with one attached hydrogen (secondary N) is 2. The Labute approximate surface area is 212 Å². The van der Waals surface area contributed by atoms with E-state index in [1.54, 1.807) is 37.5 Å². The highest BCUT2D eigenvalue weighted by atomic mass is 32.2. The summed E-state index contributed by atoms with van der Waals surface area (Å²) in [5.74, 6) is 1.14. The second kappa shape index (κ2) is 13.3. The molecule has 0 aliphatic heterocycles. The van der Waals surface area contributed by atoms with Crippen molar-refractivity contribution in [1.82, 2.24) is 4.98 Å². The zero-order valence-electron chi connectivity index (χ0n) is 20.4. The maximum Gasteiger partial charge on any atom is 0.263 e. The van der Waals surface area contributed by atoms with Crippen molar-refractivity contribution in [3.8, 4) is 11.5 Å². The van der Waals surface area contributed by atoms with Gasteiger partial charge in [-0.15, -0.1) is 0 Å². The highest BCUT2D eigenvalue weighted by Gasteiger charge is 2.14. The lowest BCUT2D eigenvalue weighted by Crippen LogP contribution is -2.14. The van der Waals surface area contributed by atoms with Gasteiger partial charge in [0.25, 0.3) is 10.0 Å². The van der Waals surface area contributed by atoms with Gasteiger partial charge in [-0.3, -0.25) is 9.52 Å². The number of unbranched alkanes of at least 4 members (excludes halogenated alkanes) is 3. The summed E-state index contributed by atoms with van der Waals surface area (Å²) in [5.41, 5.74) is 1.24. The van der Waals surface area contributed by atoms with E-state index in [0.29, 0.717) is 23.8 Å². The summed E-state index contributed by atoms with van der Waals surface area (Å²) in [5, 5.41) is 2.72. The van der Waals surface area contributed by atoms with Crippen molar-refractivity contribution in [2.75, 3.05) is 23.8 Å². The van der Waals surface area contributed by atoms with E-state index in [1.165, 1.54) is 49.4 Å². The average Bonchev–Trinajstić information content (AvgIpc) is 2.88. The number of ether oxygens (including phenoxy) is 2. The fraction of sp³-hybridized carbons (Fsp3) is 0.259. The van der Waals surface area contributed by atoms with Crippen LogP contribution in [0.15, 0.2) is 77.8 Å². The smallest absolute Gasteiger partial charge is 0.263 e. The number of amides is 1. The highest BCUT2D eigenvalue weighted by molar-refractivity contribution is 7.92. The number of hydrogen-bond acceptors (Lipinski definition) is 6. The van der Waals surface area contributed by atoms with Gasteiger partial charge in [0.05, 0.1) is 18.6 Å². The van der Waals surface area contributed by atoms with Crippen LogP contribution in [0.3, 0.4) is 0 Å². The topological polar surface area (TPSA) is 107 Å². The summed E-state index contributed by atoms with van der Waals surface area (Å²) in [7, 11) is -2.21. The summed E-state index contributed by atoms with van der Waals surface area (Å²) in [4.78, 5) is 16.4. The van der Waals surface area contributed by atoms with Gasteiger partial charge in [0, 0.05) is 18.0 Å². The van der Waals surface area contributed by atoms with Crippen molar-refractivity contribution in [2.24, 2.45) is 0 Å². The van der Waals surface area contributed by atoms with Gasteiger partial charge in [0.1, 0.15) is 5.82 Å². The van der Waals surface area contributed by atoms with Crippen molar-refractivity contribution < 1.29 is 22.7 Å². The molecule has 0 unspecified atom stereocenters. The number of carbonyl (C=O) groups is 1. The Morgan fingerprint density at radius 1 is 1.00 bits per heavy atom. The van der Waals surface area contributed by atoms with Gasteiger partial charge in [-0.1, -0.05) is 38.3 Å². The minimum atomic E-state index is -3.79. The molecule has 0 aliphatic rings. The summed E-state index contributed by atoms with van der Waals surface area (Å²) < 4.78 is 38.7. The van der Waals surface area contributed by atoms with E-state index in [4.69, 9.17) is 9.47 Å². The molecule has 3 rings (SSSR count). The molecule has 0 saturated carbocycles. The molecular weight excluding hydrogens is 478 g/mol. The minimum absolute atomic E-state index is 0.0569. The highest BCUT2D eigenvalue weighted by Crippen LogP contribution is 2.29. The van der Waals surface area contributed by atoms with Crippen LogP contribution in [0.4, 0.5) is 11.5 Å². The summed E-state index contributed by atoms with van der Waals surface area (Å²) in [6.07, 6.45) is 9.06. The monoisotopic (exact) mass is 509 g/mol. The number of anilines is 2. The number of hydrogen-bond donors (Lipinski definition) is 2. The Morgan fingerprint density at radius 3 is 2.50 bits per heavy atom. The largest absolute Gasteiger partial charge is 0.493 e. The normalized spacial score (nSPS) is 11.3. The molecule has 0 spiro atoms. The number of pyridine rings is 1. The van der Waals surface area contributed by atoms with Crippen LogP contribution in [0.2, 0.25) is 0 Å². The minimum Gasteiger partial charge on any atom is -0.493 e. The zero-order valence-corrected chi connectivity index (χ0v) is 21.3. The van der Waals surface area contributed by atoms with E-state index in [-0.39, 0.29) is 16.6 Å². The van der Waals surface area contributed by atoms with Gasteiger partial charge < -0.3 is 14.8 Å². The number of sulfonamides is 1. The van der Waals surface area contributed by atoms with Crippen LogP contribution in [0.1, 0.15) is 38.2 Å². The molecular formula is C27H31N3O5S. The Hall–Kier alpha value is -3.85. The van der Waals surface area contributed by atoms with Crippen LogP contribution in [0.5, 0.6) is 11.5 Å². The molecule has 190 valence electrons. The third-order valence-corrected chi connectivity index (χ3v) is 6.58. The second-order valence-corrected chi connectivity index (χ2v) is 9.67. The third-order valence-electron chi connectivity index (χ3n) is 5.21. The fourth-order valence-corrected chi connectivity index (χ4v) is 4.32. The van der Waals surface area contributed by atoms with E-state index in [0.717, 1.165) is 18.4 Å². The van der Waals surface area contributed by atoms with Gasteiger partial charge in [-0.25, -0.2) is 13.4 Å². The standard InChI is InChI=1S/C27H31N3O5S/c1-3-4-5-8-19-35-24-16-10-21(20-25(24)34-2)11-17-27(31)29-22-12-14-23(15-13-22)36(32,33)30-26-9-6-7-18-28-26/h6-7,9-18,20H,3-5,8,19H2,1-2H3,(H,28,30)(H,29,31)/b17-11+. The molecule has 36 heavy (non-hydrogen) atoms. The second-order valence-electron chi connectivity index (χ2n) is 7.99. The van der Waals surface area contributed by atoms with Gasteiger partial charge in [0.2, 0.25) is 5.91 Å². The molecule has 0 aliphatic carbocycles. The molecule has 8 nitrogen and oxygen atoms in total. The molecule has 9 heteroatoms. The molecule has 1 aromatic heterocycles. The average molecular weight is 510 g/mol. The first-order valence-corrected chi connectivity index (χ1v) is 13.2. The van der Waals surface area contributed by atoms with Crippen molar-refractivity contribution in [3.63, 3.8) is 0 Å². The Morgan fingerprint density at radius 2 is 1.81 bits per heavy atom. The van der Waals surface area contributed by atoms with Crippen molar-refractivity contribution in [3.05, 3.63) is 78.5 Å². The van der Waals surface area contributed by atoms with E-state index < -0.39 is 10.0 Å². The molecule has 0 radical (unpaired) electrons. The number of methoxy groups -OCH3 is 1. The number of benzene rings is 2. The summed E-state index contributed by atoms with van der Waals surface area (Å²) >= 11 is 0. The van der Waals surface area contributed by atoms with Crippen LogP contribution >= 0.6 is 0 Å². The first-order chi connectivity index (χ1) is 17.4. The molecule has 1 amide bonds. The van der Waals surface area contributed by atoms with E-state index in [9.17, 15) is 13.2 Å². The Kier molecular flexibility index (Phi) is 9.88. The summed E-state index contributed by atoms with van der Waals surface area (Å²) in [6.45, 7) is 2.80. The number of aromatic nitrogens is 1. The molecule has 0 atom stereocenters. The lowest BCUT2D eigenvalue weighted by atomic mass is 10.2. The van der Waals surface area contributed by atoms with Crippen LogP contribution < -0.4 is 19.5 Å². The molecule has 0 bridgehead atoms. The quantitative estimate of drug-likeness (QED) is 0.233. The van der Waals surface area contributed by atoms with Crippen LogP contribution in [-0.2, 0) is 14.8 Å². The molecule has 0 fully saturated rings. The van der Waals surface area contributed by atoms with Crippen molar-refractivity contribution in [2.45, 2.75) is 37.5 Å². The maximum absolute atomic E-state index is 12.5. The van der Waals surface area contributed by atoms with Gasteiger partial charge in [-0.05, 0) is 66.6 Å².